The molecule has 1 heterocycles. The number of halogens is 1. The highest BCUT2D eigenvalue weighted by molar-refractivity contribution is 6.35. The first-order chi connectivity index (χ1) is 14.5. The number of para-hydroxylation sites is 1. The van der Waals surface area contributed by atoms with Crippen LogP contribution in [0, 0.1) is 5.92 Å². The lowest BCUT2D eigenvalue weighted by molar-refractivity contribution is -0.139. The number of rotatable bonds is 5. The molecule has 30 heavy (non-hydrogen) atoms. The van der Waals surface area contributed by atoms with Crippen molar-refractivity contribution in [2.45, 2.75) is 19.4 Å². The van der Waals surface area contributed by atoms with Gasteiger partial charge in [-0.15, -0.1) is 0 Å². The molecule has 0 aromatic heterocycles. The zero-order valence-corrected chi connectivity index (χ0v) is 17.2. The number of ether oxygens (including phenoxy) is 1. The number of piperidine rings is 1. The van der Waals surface area contributed by atoms with E-state index in [0.29, 0.717) is 30.4 Å². The average Bonchev–Trinajstić information content (AvgIpc) is 2.78. The third-order valence-corrected chi connectivity index (χ3v) is 5.20. The maximum Gasteiger partial charge on any atom is 0.415 e. The monoisotopic (exact) mass is 429 g/mol. The molecular formula is C22H24ClN3O4. The van der Waals surface area contributed by atoms with Gasteiger partial charge in [-0.1, -0.05) is 41.9 Å². The van der Waals surface area contributed by atoms with Crippen LogP contribution in [0.2, 0.25) is 5.02 Å². The van der Waals surface area contributed by atoms with Gasteiger partial charge in [0.1, 0.15) is 5.75 Å². The highest BCUT2D eigenvalue weighted by Gasteiger charge is 2.25. The molecule has 0 unspecified atom stereocenters. The van der Waals surface area contributed by atoms with E-state index >= 15 is 0 Å². The van der Waals surface area contributed by atoms with Crippen LogP contribution in [0.1, 0.15) is 18.4 Å². The fraction of sp³-hybridized carbons (Fsp3) is 0.318. The van der Waals surface area contributed by atoms with Crippen molar-refractivity contribution in [3.8, 4) is 5.75 Å². The third kappa shape index (κ3) is 6.49. The van der Waals surface area contributed by atoms with Gasteiger partial charge in [0.05, 0.1) is 0 Å². The van der Waals surface area contributed by atoms with Gasteiger partial charge in [-0.2, -0.15) is 0 Å². The summed E-state index contributed by atoms with van der Waals surface area (Å²) in [6, 6.07) is 16.0. The van der Waals surface area contributed by atoms with Gasteiger partial charge in [0.2, 0.25) is 0 Å². The molecule has 1 saturated heterocycles. The van der Waals surface area contributed by atoms with Crippen LogP contribution >= 0.6 is 11.6 Å². The van der Waals surface area contributed by atoms with E-state index in [9.17, 15) is 14.4 Å². The molecule has 158 valence electrons. The summed E-state index contributed by atoms with van der Waals surface area (Å²) in [5, 5.41) is 5.88. The highest BCUT2D eigenvalue weighted by Crippen LogP contribution is 2.18. The zero-order valence-electron chi connectivity index (χ0n) is 16.5. The van der Waals surface area contributed by atoms with Crippen LogP contribution < -0.4 is 15.4 Å². The summed E-state index contributed by atoms with van der Waals surface area (Å²) in [6.07, 6.45) is 1.10. The molecule has 8 heteroatoms. The average molecular weight is 430 g/mol. The van der Waals surface area contributed by atoms with Gasteiger partial charge in [-0.05, 0) is 48.6 Å². The predicted octanol–water partition coefficient (Wildman–Crippen LogP) is 2.98. The van der Waals surface area contributed by atoms with Gasteiger partial charge in [-0.3, -0.25) is 9.59 Å². The van der Waals surface area contributed by atoms with Crippen molar-refractivity contribution in [3.05, 3.63) is 65.2 Å². The molecule has 0 atom stereocenters. The number of benzene rings is 2. The van der Waals surface area contributed by atoms with Crippen molar-refractivity contribution >= 4 is 29.5 Å². The first-order valence-corrected chi connectivity index (χ1v) is 10.2. The number of amides is 3. The van der Waals surface area contributed by atoms with Crippen molar-refractivity contribution < 1.29 is 19.1 Å². The number of carbonyl (C=O) groups excluding carboxylic acids is 3. The molecule has 0 spiro atoms. The van der Waals surface area contributed by atoms with Crippen LogP contribution in [-0.2, 0) is 16.1 Å². The van der Waals surface area contributed by atoms with Crippen molar-refractivity contribution in [1.82, 2.24) is 15.5 Å². The number of carbonyl (C=O) groups is 3. The van der Waals surface area contributed by atoms with Crippen molar-refractivity contribution in [1.29, 1.82) is 0 Å². The van der Waals surface area contributed by atoms with Gasteiger partial charge in [0.25, 0.3) is 0 Å². The molecular weight excluding hydrogens is 406 g/mol. The Hall–Kier alpha value is -3.06. The Kier molecular flexibility index (Phi) is 7.68. The number of nitrogens with one attached hydrogen (secondary N) is 2. The molecule has 0 bridgehead atoms. The van der Waals surface area contributed by atoms with Crippen LogP contribution in [0.4, 0.5) is 4.79 Å². The summed E-state index contributed by atoms with van der Waals surface area (Å²) in [4.78, 5) is 37.8. The minimum absolute atomic E-state index is 0.207. The van der Waals surface area contributed by atoms with Gasteiger partial charge in [-0.25, -0.2) is 4.79 Å². The highest BCUT2D eigenvalue weighted by atomic mass is 35.5. The van der Waals surface area contributed by atoms with E-state index in [4.69, 9.17) is 16.3 Å². The summed E-state index contributed by atoms with van der Waals surface area (Å²) in [7, 11) is 0. The standard InChI is InChI=1S/C22H24ClN3O4/c23-18-8-6-16(7-9-18)14-24-20(27)21(28)25-15-17-10-12-26(13-11-17)22(29)30-19-4-2-1-3-5-19/h1-9,17H,10-15H2,(H,24,27)(H,25,28). The molecule has 0 radical (unpaired) electrons. The van der Waals surface area contributed by atoms with Crippen LogP contribution in [0.25, 0.3) is 0 Å². The van der Waals surface area contributed by atoms with Gasteiger partial charge in [0, 0.05) is 31.2 Å². The maximum atomic E-state index is 12.2. The number of hydrogen-bond acceptors (Lipinski definition) is 4. The molecule has 7 nitrogen and oxygen atoms in total. The topological polar surface area (TPSA) is 87.7 Å². The van der Waals surface area contributed by atoms with Crippen LogP contribution in [0.3, 0.4) is 0 Å². The molecule has 2 N–H and O–H groups in total. The van der Waals surface area contributed by atoms with E-state index < -0.39 is 11.8 Å². The quantitative estimate of drug-likeness (QED) is 0.715. The normalized spacial score (nSPS) is 14.1. The second-order valence-electron chi connectivity index (χ2n) is 7.13. The van der Waals surface area contributed by atoms with Crippen molar-refractivity contribution in [2.24, 2.45) is 5.92 Å². The third-order valence-electron chi connectivity index (χ3n) is 4.94. The fourth-order valence-electron chi connectivity index (χ4n) is 3.16. The molecule has 0 aliphatic carbocycles. The molecule has 1 aliphatic rings. The van der Waals surface area contributed by atoms with E-state index in [2.05, 4.69) is 10.6 Å². The minimum atomic E-state index is -0.672. The first kappa shape index (κ1) is 21.6. The summed E-state index contributed by atoms with van der Waals surface area (Å²) < 4.78 is 5.35. The Balaban J connectivity index is 1.34. The van der Waals surface area contributed by atoms with E-state index in [1.807, 2.05) is 18.2 Å². The molecule has 3 amide bonds. The Morgan fingerprint density at radius 3 is 2.23 bits per heavy atom. The first-order valence-electron chi connectivity index (χ1n) is 9.83. The molecule has 1 aliphatic heterocycles. The minimum Gasteiger partial charge on any atom is -0.410 e. The number of likely N-dealkylation sites (tertiary alicyclic amines) is 1. The lowest BCUT2D eigenvalue weighted by Gasteiger charge is -2.31. The Labute approximate surface area is 180 Å². The van der Waals surface area contributed by atoms with Crippen molar-refractivity contribution in [3.63, 3.8) is 0 Å². The lowest BCUT2D eigenvalue weighted by atomic mass is 9.97. The summed E-state index contributed by atoms with van der Waals surface area (Å²) >= 11 is 5.82. The van der Waals surface area contributed by atoms with Crippen LogP contribution in [0.15, 0.2) is 54.6 Å². The van der Waals surface area contributed by atoms with Crippen LogP contribution in [-0.4, -0.2) is 42.4 Å². The Bertz CT molecular complexity index is 866. The lowest BCUT2D eigenvalue weighted by Crippen LogP contribution is -2.45. The summed E-state index contributed by atoms with van der Waals surface area (Å²) in [6.45, 7) is 1.75. The van der Waals surface area contributed by atoms with Gasteiger partial charge >= 0.3 is 17.9 Å². The second-order valence-corrected chi connectivity index (χ2v) is 7.57. The Morgan fingerprint density at radius 1 is 0.933 bits per heavy atom. The summed E-state index contributed by atoms with van der Waals surface area (Å²) in [5.41, 5.74) is 0.857. The van der Waals surface area contributed by atoms with Crippen LogP contribution in [0.5, 0.6) is 5.75 Å². The second kappa shape index (κ2) is 10.6. The Morgan fingerprint density at radius 2 is 1.57 bits per heavy atom. The zero-order chi connectivity index (χ0) is 21.3. The number of hydrogen-bond donors (Lipinski definition) is 2. The predicted molar refractivity (Wildman–Crippen MR) is 113 cm³/mol. The molecule has 3 rings (SSSR count). The molecule has 0 saturated carbocycles. The SMILES string of the molecule is O=C(NCc1ccc(Cl)cc1)C(=O)NCC1CCN(C(=O)Oc2ccccc2)CC1. The van der Waals surface area contributed by atoms with Gasteiger partial charge in [0.15, 0.2) is 0 Å². The molecule has 2 aromatic carbocycles. The molecule has 1 fully saturated rings. The van der Waals surface area contributed by atoms with Gasteiger partial charge < -0.3 is 20.3 Å². The van der Waals surface area contributed by atoms with E-state index in [-0.39, 0.29) is 18.6 Å². The fourth-order valence-corrected chi connectivity index (χ4v) is 3.28. The summed E-state index contributed by atoms with van der Waals surface area (Å²) in [5.74, 6) is -0.607. The van der Waals surface area contributed by atoms with Crippen molar-refractivity contribution in [2.75, 3.05) is 19.6 Å². The maximum absolute atomic E-state index is 12.2. The smallest absolute Gasteiger partial charge is 0.410 e. The number of nitrogens with zero attached hydrogens (tertiary/aromatic N) is 1. The largest absolute Gasteiger partial charge is 0.415 e. The van der Waals surface area contributed by atoms with E-state index in [1.165, 1.54) is 0 Å². The van der Waals surface area contributed by atoms with E-state index in [0.717, 1.165) is 18.4 Å². The molecule has 2 aromatic rings. The van der Waals surface area contributed by atoms with E-state index in [1.54, 1.807) is 41.3 Å².